The van der Waals surface area contributed by atoms with Crippen molar-refractivity contribution in [3.05, 3.63) is 83.9 Å². The molecule has 50 heavy (non-hydrogen) atoms. The molecule has 3 heterocycles. The summed E-state index contributed by atoms with van der Waals surface area (Å²) in [6.07, 6.45) is -7.14. The number of hydrogen-bond donors (Lipinski definition) is 3. The first-order chi connectivity index (χ1) is 23.5. The molecule has 6 fully saturated rings. The second-order valence-corrected chi connectivity index (χ2v) is 14.9. The molecule has 3 saturated carbocycles. The van der Waals surface area contributed by atoms with Crippen molar-refractivity contribution in [1.82, 2.24) is 0 Å². The molecule has 2 aromatic carbocycles. The van der Waals surface area contributed by atoms with Crippen molar-refractivity contribution in [3.8, 4) is 0 Å². The van der Waals surface area contributed by atoms with Gasteiger partial charge in [0, 0.05) is 37.2 Å². The van der Waals surface area contributed by atoms with E-state index in [1.807, 2.05) is 6.07 Å². The molecule has 12 heteroatoms. The molecule has 8 rings (SSSR count). The Balaban J connectivity index is 1.54. The lowest BCUT2D eigenvalue weighted by molar-refractivity contribution is -0.586. The zero-order valence-corrected chi connectivity index (χ0v) is 28.9. The summed E-state index contributed by atoms with van der Waals surface area (Å²) in [7, 11) is 0. The molecular weight excluding hydrogens is 648 g/mol. The standard InChI is InChI=1S/C38H44O12/c1-19(2)35(43)30-21(4)37-26-18-20(3)29(45-22(5)39)36(26,44)33(46-23(6)40)34(7,49-32(42)24-14-10-8-11-15-24)28(41)27(37)31(35)48-38(47-30,50-37)25-16-12-9-13-17-25/h8-17,20-21,26-31,33,41,43-44H,1,18H2,2-7H3/t20-,21+,26+,27-,28-,29-,30-,31+,33+,34+,35-,36+,37-,38?/m0/s1. The van der Waals surface area contributed by atoms with Gasteiger partial charge in [0.25, 0.3) is 0 Å². The predicted octanol–water partition coefficient (Wildman–Crippen LogP) is 3.16. The summed E-state index contributed by atoms with van der Waals surface area (Å²) in [5, 5.41) is 39.1. The first-order valence-electron chi connectivity index (χ1n) is 17.0. The summed E-state index contributed by atoms with van der Waals surface area (Å²) >= 11 is 0. The summed E-state index contributed by atoms with van der Waals surface area (Å²) in [4.78, 5) is 39.6. The number of hydrogen-bond acceptors (Lipinski definition) is 12. The Labute approximate surface area is 290 Å². The summed E-state index contributed by atoms with van der Waals surface area (Å²) in [6.45, 7) is 13.0. The highest BCUT2D eigenvalue weighted by atomic mass is 16.9. The van der Waals surface area contributed by atoms with Crippen molar-refractivity contribution in [1.29, 1.82) is 0 Å². The van der Waals surface area contributed by atoms with Crippen LogP contribution in [-0.4, -0.2) is 86.2 Å². The van der Waals surface area contributed by atoms with Crippen molar-refractivity contribution >= 4 is 17.9 Å². The third-order valence-corrected chi connectivity index (χ3v) is 12.0. The zero-order chi connectivity index (χ0) is 36.2. The van der Waals surface area contributed by atoms with Gasteiger partial charge in [0.15, 0.2) is 11.7 Å². The highest BCUT2D eigenvalue weighted by Gasteiger charge is 2.87. The van der Waals surface area contributed by atoms with E-state index in [4.69, 9.17) is 28.4 Å². The Kier molecular flexibility index (Phi) is 7.95. The van der Waals surface area contributed by atoms with Gasteiger partial charge in [0.05, 0.1) is 11.2 Å². The van der Waals surface area contributed by atoms with Crippen LogP contribution in [0.15, 0.2) is 72.8 Å². The number of rotatable bonds is 6. The van der Waals surface area contributed by atoms with E-state index in [0.29, 0.717) is 11.1 Å². The van der Waals surface area contributed by atoms with Crippen LogP contribution < -0.4 is 0 Å². The van der Waals surface area contributed by atoms with Crippen LogP contribution in [0.4, 0.5) is 0 Å². The fraction of sp³-hybridized carbons (Fsp3) is 0.553. The molecule has 3 aliphatic carbocycles. The van der Waals surface area contributed by atoms with Crippen LogP contribution in [0.1, 0.15) is 63.9 Å². The normalized spacial score (nSPS) is 45.5. The molecule has 3 aliphatic heterocycles. The van der Waals surface area contributed by atoms with Gasteiger partial charge >= 0.3 is 23.9 Å². The molecule has 2 aromatic rings. The summed E-state index contributed by atoms with van der Waals surface area (Å²) in [5.41, 5.74) is -7.22. The fourth-order valence-corrected chi connectivity index (χ4v) is 10.0. The van der Waals surface area contributed by atoms with Crippen LogP contribution in [0.3, 0.4) is 0 Å². The number of carbonyl (C=O) groups is 3. The summed E-state index contributed by atoms with van der Waals surface area (Å²) in [6, 6.07) is 16.9. The van der Waals surface area contributed by atoms with Crippen LogP contribution in [-0.2, 0) is 44.0 Å². The molecule has 1 spiro atoms. The smallest absolute Gasteiger partial charge is 0.338 e. The van der Waals surface area contributed by atoms with E-state index in [9.17, 15) is 29.7 Å². The number of esters is 3. The van der Waals surface area contributed by atoms with E-state index in [1.165, 1.54) is 26.0 Å². The highest BCUT2D eigenvalue weighted by Crippen LogP contribution is 2.71. The van der Waals surface area contributed by atoms with Crippen LogP contribution in [0, 0.1) is 23.7 Å². The molecule has 0 amide bonds. The number of fused-ring (bicyclic) bond motifs is 1. The maximum Gasteiger partial charge on any atom is 0.338 e. The Morgan fingerprint density at radius 3 is 2.04 bits per heavy atom. The summed E-state index contributed by atoms with van der Waals surface area (Å²) < 4.78 is 38.5. The van der Waals surface area contributed by atoms with Crippen molar-refractivity contribution < 1.29 is 58.1 Å². The average molecular weight is 693 g/mol. The van der Waals surface area contributed by atoms with Crippen LogP contribution in [0.5, 0.6) is 0 Å². The SMILES string of the molecule is C=C(C)[C@@]1(O)[C@@H]2OC3(c4ccccc4)O[C@H]1[C@@H](C)[C@@]1(O3)[C@H]2[C@H](O)[C@@](C)(OC(=O)c2ccccc2)[C@@H](OC(C)=O)[C@@]2(O)[C@H]1C[C@H](C)[C@@H]2OC(C)=O. The average Bonchev–Trinajstić information content (AvgIpc) is 3.31. The molecule has 0 aromatic heterocycles. The third kappa shape index (κ3) is 4.42. The molecular formula is C38H44O12. The first kappa shape index (κ1) is 34.8. The monoisotopic (exact) mass is 692 g/mol. The van der Waals surface area contributed by atoms with Crippen molar-refractivity contribution in [2.45, 2.75) is 107 Å². The predicted molar refractivity (Wildman–Crippen MR) is 174 cm³/mol. The van der Waals surface area contributed by atoms with Crippen molar-refractivity contribution in [2.24, 2.45) is 23.7 Å². The number of aliphatic hydroxyl groups excluding tert-OH is 1. The number of carbonyl (C=O) groups excluding carboxylic acids is 3. The van der Waals surface area contributed by atoms with Crippen LogP contribution in [0.25, 0.3) is 0 Å². The lowest BCUT2D eigenvalue weighted by Gasteiger charge is -2.73. The molecule has 3 N–H and O–H groups in total. The van der Waals surface area contributed by atoms with E-state index >= 15 is 0 Å². The van der Waals surface area contributed by atoms with Crippen molar-refractivity contribution in [2.75, 3.05) is 0 Å². The van der Waals surface area contributed by atoms with Crippen LogP contribution in [0.2, 0.25) is 0 Å². The molecule has 268 valence electrons. The van der Waals surface area contributed by atoms with Gasteiger partial charge in [0.1, 0.15) is 35.6 Å². The quantitative estimate of drug-likeness (QED) is 0.230. The Hall–Kier alpha value is -3.65. The van der Waals surface area contributed by atoms with Gasteiger partial charge in [-0.15, -0.1) is 0 Å². The molecule has 4 bridgehead atoms. The number of ether oxygens (including phenoxy) is 6. The molecule has 0 radical (unpaired) electrons. The lowest BCUT2D eigenvalue weighted by atomic mass is 9.51. The number of benzene rings is 2. The minimum Gasteiger partial charge on any atom is -0.459 e. The van der Waals surface area contributed by atoms with Gasteiger partial charge in [-0.2, -0.15) is 0 Å². The second-order valence-electron chi connectivity index (χ2n) is 14.9. The minimum atomic E-state index is -2.32. The van der Waals surface area contributed by atoms with Gasteiger partial charge < -0.3 is 43.7 Å². The molecule has 14 atom stereocenters. The second kappa shape index (κ2) is 11.4. The highest BCUT2D eigenvalue weighted by molar-refractivity contribution is 5.89. The van der Waals surface area contributed by atoms with Crippen molar-refractivity contribution in [3.63, 3.8) is 0 Å². The topological polar surface area (TPSA) is 167 Å². The molecule has 3 saturated heterocycles. The lowest BCUT2D eigenvalue weighted by Crippen LogP contribution is -2.86. The van der Waals surface area contributed by atoms with E-state index in [2.05, 4.69) is 6.58 Å². The van der Waals surface area contributed by atoms with Gasteiger partial charge in [-0.1, -0.05) is 69.0 Å². The minimum absolute atomic E-state index is 0.127. The van der Waals surface area contributed by atoms with E-state index in [-0.39, 0.29) is 12.0 Å². The third-order valence-electron chi connectivity index (χ3n) is 12.0. The first-order valence-corrected chi connectivity index (χ1v) is 17.0. The fourth-order valence-electron chi connectivity index (χ4n) is 10.0. The Bertz CT molecular complexity index is 1720. The Morgan fingerprint density at radius 2 is 1.46 bits per heavy atom. The summed E-state index contributed by atoms with van der Waals surface area (Å²) in [5.74, 6) is -8.02. The maximum atomic E-state index is 13.9. The van der Waals surface area contributed by atoms with Gasteiger partial charge in [0.2, 0.25) is 0 Å². The van der Waals surface area contributed by atoms with E-state index < -0.39 is 100 Å². The molecule has 6 aliphatic rings. The van der Waals surface area contributed by atoms with Crippen LogP contribution >= 0.6 is 0 Å². The number of aliphatic hydroxyl groups is 3. The van der Waals surface area contributed by atoms with Gasteiger partial charge in [-0.3, -0.25) is 9.59 Å². The molecule has 12 nitrogen and oxygen atoms in total. The van der Waals surface area contributed by atoms with E-state index in [0.717, 1.165) is 6.92 Å². The maximum absolute atomic E-state index is 13.9. The molecule has 1 unspecified atom stereocenters. The largest absolute Gasteiger partial charge is 0.459 e. The van der Waals surface area contributed by atoms with E-state index in [1.54, 1.807) is 63.2 Å². The van der Waals surface area contributed by atoms with Gasteiger partial charge in [-0.25, -0.2) is 4.79 Å². The zero-order valence-electron chi connectivity index (χ0n) is 28.9. The Morgan fingerprint density at radius 1 is 0.880 bits per heavy atom. The van der Waals surface area contributed by atoms with Gasteiger partial charge in [-0.05, 0) is 43.9 Å².